The maximum atomic E-state index is 6.13. The van der Waals surface area contributed by atoms with E-state index in [2.05, 4.69) is 39.0 Å². The molecule has 2 unspecified atom stereocenters. The highest BCUT2D eigenvalue weighted by Gasteiger charge is 2.35. The minimum atomic E-state index is 0.372. The molecule has 0 aromatic heterocycles. The average Bonchev–Trinajstić information content (AvgIpc) is 2.61. The van der Waals surface area contributed by atoms with Crippen LogP contribution in [0, 0.1) is 0 Å². The molecule has 0 saturated carbocycles. The summed E-state index contributed by atoms with van der Waals surface area (Å²) in [4.78, 5) is 2.49. The molecule has 2 aliphatic rings. The van der Waals surface area contributed by atoms with Gasteiger partial charge in [-0.25, -0.2) is 0 Å². The molecule has 1 fully saturated rings. The fourth-order valence-corrected chi connectivity index (χ4v) is 3.46. The van der Waals surface area contributed by atoms with Crippen molar-refractivity contribution in [1.29, 1.82) is 0 Å². The highest BCUT2D eigenvalue weighted by molar-refractivity contribution is 9.10. The number of halogens is 1. The maximum absolute atomic E-state index is 6.13. The topological polar surface area (TPSA) is 29.3 Å². The van der Waals surface area contributed by atoms with Crippen LogP contribution in [0.25, 0.3) is 0 Å². The third kappa shape index (κ3) is 1.41. The zero-order valence-corrected chi connectivity index (χ0v) is 10.2. The lowest BCUT2D eigenvalue weighted by molar-refractivity contribution is 0.526. The van der Waals surface area contributed by atoms with Gasteiger partial charge in [0.1, 0.15) is 0 Å². The van der Waals surface area contributed by atoms with Crippen molar-refractivity contribution in [3.8, 4) is 0 Å². The van der Waals surface area contributed by atoms with Gasteiger partial charge in [0.25, 0.3) is 0 Å². The quantitative estimate of drug-likeness (QED) is 0.781. The van der Waals surface area contributed by atoms with Gasteiger partial charge < -0.3 is 10.6 Å². The van der Waals surface area contributed by atoms with Crippen molar-refractivity contribution in [3.05, 3.63) is 28.2 Å². The number of nitrogens with zero attached hydrogens (tertiary/aromatic N) is 1. The summed E-state index contributed by atoms with van der Waals surface area (Å²) in [6, 6.07) is 7.43. The molecule has 2 nitrogen and oxygen atoms in total. The number of rotatable bonds is 0. The molecule has 2 atom stereocenters. The van der Waals surface area contributed by atoms with E-state index in [1.54, 1.807) is 0 Å². The lowest BCUT2D eigenvalue weighted by Gasteiger charge is -2.35. The summed E-state index contributed by atoms with van der Waals surface area (Å²) in [5.41, 5.74) is 8.99. The van der Waals surface area contributed by atoms with Gasteiger partial charge >= 0.3 is 0 Å². The van der Waals surface area contributed by atoms with Crippen molar-refractivity contribution < 1.29 is 0 Å². The van der Waals surface area contributed by atoms with Gasteiger partial charge in [0.05, 0.1) is 0 Å². The first-order valence-corrected chi connectivity index (χ1v) is 6.36. The Balaban J connectivity index is 2.06. The predicted molar refractivity (Wildman–Crippen MR) is 66.2 cm³/mol. The van der Waals surface area contributed by atoms with Crippen LogP contribution in [-0.2, 0) is 6.42 Å². The Kier molecular flexibility index (Phi) is 2.25. The Morgan fingerprint density at radius 3 is 3.07 bits per heavy atom. The van der Waals surface area contributed by atoms with Crippen LogP contribution in [-0.4, -0.2) is 18.6 Å². The lowest BCUT2D eigenvalue weighted by atomic mass is 9.95. The van der Waals surface area contributed by atoms with Crippen LogP contribution in [0.1, 0.15) is 18.4 Å². The zero-order chi connectivity index (χ0) is 10.4. The third-order valence-electron chi connectivity index (χ3n) is 3.69. The average molecular weight is 267 g/mol. The molecule has 2 N–H and O–H groups in total. The van der Waals surface area contributed by atoms with Gasteiger partial charge in [-0.2, -0.15) is 0 Å². The fourth-order valence-electron chi connectivity index (χ4n) is 2.90. The molecule has 0 bridgehead atoms. The van der Waals surface area contributed by atoms with Crippen LogP contribution in [0.2, 0.25) is 0 Å². The van der Waals surface area contributed by atoms with Crippen LogP contribution in [0.5, 0.6) is 0 Å². The smallest absolute Gasteiger partial charge is 0.0445 e. The third-order valence-corrected chi connectivity index (χ3v) is 4.43. The number of fused-ring (bicyclic) bond motifs is 3. The van der Waals surface area contributed by atoms with E-state index in [-0.39, 0.29) is 0 Å². The van der Waals surface area contributed by atoms with Crippen LogP contribution in [0.15, 0.2) is 22.7 Å². The first-order chi connectivity index (χ1) is 7.27. The molecule has 3 rings (SSSR count). The molecule has 3 heteroatoms. The van der Waals surface area contributed by atoms with Crippen molar-refractivity contribution in [2.45, 2.75) is 31.3 Å². The molecule has 0 radical (unpaired) electrons. The standard InChI is InChI=1S/C12H15BrN2/c13-9-2-1-3-11-8(9)4-5-12-10(14)6-7-15(11)12/h1-3,10,12H,4-7,14H2. The van der Waals surface area contributed by atoms with Crippen molar-refractivity contribution in [2.24, 2.45) is 5.73 Å². The molecule has 0 amide bonds. The van der Waals surface area contributed by atoms with E-state index in [1.165, 1.54) is 22.1 Å². The molecule has 2 aliphatic heterocycles. The molecule has 1 saturated heterocycles. The Morgan fingerprint density at radius 1 is 1.33 bits per heavy atom. The van der Waals surface area contributed by atoms with E-state index in [4.69, 9.17) is 5.73 Å². The Labute approximate surface area is 98.6 Å². The maximum Gasteiger partial charge on any atom is 0.0445 e. The number of hydrogen-bond donors (Lipinski definition) is 1. The minimum absolute atomic E-state index is 0.372. The molecule has 2 heterocycles. The van der Waals surface area contributed by atoms with E-state index < -0.39 is 0 Å². The highest BCUT2D eigenvalue weighted by Crippen LogP contribution is 2.38. The van der Waals surface area contributed by atoms with Gasteiger partial charge in [0.2, 0.25) is 0 Å². The number of hydrogen-bond acceptors (Lipinski definition) is 2. The van der Waals surface area contributed by atoms with E-state index in [9.17, 15) is 0 Å². The van der Waals surface area contributed by atoms with Crippen LogP contribution >= 0.6 is 15.9 Å². The molecule has 0 spiro atoms. The summed E-state index contributed by atoms with van der Waals surface area (Å²) in [5.74, 6) is 0. The molecule has 1 aromatic carbocycles. The van der Waals surface area contributed by atoms with Crippen molar-refractivity contribution in [2.75, 3.05) is 11.4 Å². The molecule has 15 heavy (non-hydrogen) atoms. The van der Waals surface area contributed by atoms with E-state index in [0.717, 1.165) is 19.4 Å². The number of benzene rings is 1. The number of nitrogens with two attached hydrogens (primary N) is 1. The van der Waals surface area contributed by atoms with Crippen molar-refractivity contribution >= 4 is 21.6 Å². The molecule has 1 aromatic rings. The summed E-state index contributed by atoms with van der Waals surface area (Å²) in [7, 11) is 0. The Morgan fingerprint density at radius 2 is 2.20 bits per heavy atom. The zero-order valence-electron chi connectivity index (χ0n) is 8.62. The van der Waals surface area contributed by atoms with Gasteiger partial charge in [-0.1, -0.05) is 22.0 Å². The van der Waals surface area contributed by atoms with E-state index in [1.807, 2.05) is 0 Å². The van der Waals surface area contributed by atoms with Gasteiger partial charge in [0.15, 0.2) is 0 Å². The van der Waals surface area contributed by atoms with Crippen molar-refractivity contribution in [3.63, 3.8) is 0 Å². The first-order valence-electron chi connectivity index (χ1n) is 5.57. The van der Waals surface area contributed by atoms with E-state index >= 15 is 0 Å². The summed E-state index contributed by atoms with van der Waals surface area (Å²) in [6.45, 7) is 1.12. The molecular formula is C12H15BrN2. The summed E-state index contributed by atoms with van der Waals surface area (Å²) < 4.78 is 1.25. The van der Waals surface area contributed by atoms with Crippen LogP contribution in [0.3, 0.4) is 0 Å². The normalized spacial score (nSPS) is 28.8. The predicted octanol–water partition coefficient (Wildman–Crippen LogP) is 2.30. The minimum Gasteiger partial charge on any atom is -0.367 e. The second-order valence-electron chi connectivity index (χ2n) is 4.49. The molecule has 0 aliphatic carbocycles. The summed E-state index contributed by atoms with van der Waals surface area (Å²) in [6.07, 6.45) is 3.50. The highest BCUT2D eigenvalue weighted by atomic mass is 79.9. The van der Waals surface area contributed by atoms with Gasteiger partial charge in [-0.05, 0) is 37.0 Å². The van der Waals surface area contributed by atoms with Crippen molar-refractivity contribution in [1.82, 2.24) is 0 Å². The molecule has 80 valence electrons. The van der Waals surface area contributed by atoms with Gasteiger partial charge in [-0.3, -0.25) is 0 Å². The van der Waals surface area contributed by atoms with Crippen LogP contribution < -0.4 is 10.6 Å². The summed E-state index contributed by atoms with van der Waals surface area (Å²) >= 11 is 3.64. The second-order valence-corrected chi connectivity index (χ2v) is 5.34. The van der Waals surface area contributed by atoms with Crippen LogP contribution in [0.4, 0.5) is 5.69 Å². The second kappa shape index (κ2) is 3.49. The molecular weight excluding hydrogens is 252 g/mol. The Bertz CT molecular complexity index is 391. The van der Waals surface area contributed by atoms with Gasteiger partial charge in [-0.15, -0.1) is 0 Å². The Hall–Kier alpha value is -0.540. The fraction of sp³-hybridized carbons (Fsp3) is 0.500. The number of anilines is 1. The SMILES string of the molecule is NC1CCN2c3cccc(Br)c3CCC12. The van der Waals surface area contributed by atoms with E-state index in [0.29, 0.717) is 12.1 Å². The summed E-state index contributed by atoms with van der Waals surface area (Å²) in [5, 5.41) is 0. The first kappa shape index (κ1) is 9.67. The largest absolute Gasteiger partial charge is 0.367 e. The lowest BCUT2D eigenvalue weighted by Crippen LogP contribution is -2.42. The monoisotopic (exact) mass is 266 g/mol. The van der Waals surface area contributed by atoms with Gasteiger partial charge in [0, 0.05) is 28.8 Å².